The summed E-state index contributed by atoms with van der Waals surface area (Å²) in [5, 5.41) is 14.4. The molecule has 3 rings (SSSR count). The van der Waals surface area contributed by atoms with E-state index in [1.165, 1.54) is 37.6 Å². The van der Waals surface area contributed by atoms with Crippen LogP contribution in [0.15, 0.2) is 42.9 Å². The Kier molecular flexibility index (Phi) is 5.40. The zero-order valence-corrected chi connectivity index (χ0v) is 15.4. The van der Waals surface area contributed by atoms with Crippen LogP contribution in [0.3, 0.4) is 0 Å². The zero-order chi connectivity index (χ0) is 21.0. The number of nitriles is 1. The van der Waals surface area contributed by atoms with Crippen molar-refractivity contribution in [2.24, 2.45) is 0 Å². The van der Waals surface area contributed by atoms with Gasteiger partial charge in [-0.1, -0.05) is 0 Å². The van der Waals surface area contributed by atoms with Crippen LogP contribution in [0.5, 0.6) is 0 Å². The molecule has 2 N–H and O–H groups in total. The minimum Gasteiger partial charge on any atom is -0.339 e. The molecule has 0 aromatic carbocycles. The molecule has 1 amide bonds. The fourth-order valence-corrected chi connectivity index (χ4v) is 2.41. The number of rotatable bonds is 5. The van der Waals surface area contributed by atoms with Crippen molar-refractivity contribution in [2.75, 3.05) is 10.6 Å². The van der Waals surface area contributed by atoms with Crippen LogP contribution in [0, 0.1) is 11.3 Å². The summed E-state index contributed by atoms with van der Waals surface area (Å²) in [7, 11) is 0. The van der Waals surface area contributed by atoms with Gasteiger partial charge in [0.25, 0.3) is 0 Å². The van der Waals surface area contributed by atoms with Gasteiger partial charge in [-0.2, -0.15) is 14.0 Å². The largest absolute Gasteiger partial charge is 0.339 e. The maximum absolute atomic E-state index is 13.5. The first-order valence-corrected chi connectivity index (χ1v) is 8.39. The van der Waals surface area contributed by atoms with E-state index in [-0.39, 0.29) is 17.5 Å². The highest BCUT2D eigenvalue weighted by molar-refractivity contribution is 5.89. The summed E-state index contributed by atoms with van der Waals surface area (Å²) in [5.74, 6) is -3.76. The number of anilines is 3. The fraction of sp³-hybridized carbons (Fsp3) is 0.158. The van der Waals surface area contributed by atoms with Crippen molar-refractivity contribution >= 4 is 23.2 Å². The summed E-state index contributed by atoms with van der Waals surface area (Å²) < 4.78 is 27.1. The zero-order valence-electron chi connectivity index (χ0n) is 15.4. The Balaban J connectivity index is 2.04. The number of carbonyl (C=O) groups is 1. The highest BCUT2D eigenvalue weighted by Gasteiger charge is 2.28. The molecule has 29 heavy (non-hydrogen) atoms. The summed E-state index contributed by atoms with van der Waals surface area (Å²) >= 11 is 0. The predicted molar refractivity (Wildman–Crippen MR) is 101 cm³/mol. The molecule has 3 aromatic rings. The lowest BCUT2D eigenvalue weighted by atomic mass is 10.1. The van der Waals surface area contributed by atoms with Crippen LogP contribution in [0.25, 0.3) is 11.3 Å². The second kappa shape index (κ2) is 7.93. The SMILES string of the molecule is CC(=O)Nc1cc(Nc2ccnc(C(C)(F)F)n2)c(-c2ccc(C#N)cn2)cn1. The highest BCUT2D eigenvalue weighted by Crippen LogP contribution is 2.31. The summed E-state index contributed by atoms with van der Waals surface area (Å²) in [6, 6.07) is 8.17. The number of alkyl halides is 2. The average molecular weight is 395 g/mol. The Bertz CT molecular complexity index is 1090. The van der Waals surface area contributed by atoms with Gasteiger partial charge in [0.2, 0.25) is 11.7 Å². The molecule has 0 atom stereocenters. The molecule has 8 nitrogen and oxygen atoms in total. The third-order valence-electron chi connectivity index (χ3n) is 3.69. The first kappa shape index (κ1) is 19.8. The van der Waals surface area contributed by atoms with Gasteiger partial charge in [-0.05, 0) is 18.2 Å². The van der Waals surface area contributed by atoms with E-state index in [1.807, 2.05) is 6.07 Å². The molecule has 0 spiro atoms. The number of pyridine rings is 2. The highest BCUT2D eigenvalue weighted by atomic mass is 19.3. The quantitative estimate of drug-likeness (QED) is 0.678. The summed E-state index contributed by atoms with van der Waals surface area (Å²) in [6.07, 6.45) is 4.09. The third kappa shape index (κ3) is 4.84. The number of nitrogens with zero attached hydrogens (tertiary/aromatic N) is 5. The number of nitrogens with one attached hydrogen (secondary N) is 2. The number of carbonyl (C=O) groups excluding carboxylic acids is 1. The molecule has 0 saturated carbocycles. The van der Waals surface area contributed by atoms with Crippen LogP contribution >= 0.6 is 0 Å². The molecular weight excluding hydrogens is 380 g/mol. The smallest absolute Gasteiger partial charge is 0.303 e. The number of hydrogen-bond donors (Lipinski definition) is 2. The number of hydrogen-bond acceptors (Lipinski definition) is 7. The van der Waals surface area contributed by atoms with Crippen LogP contribution < -0.4 is 10.6 Å². The minimum atomic E-state index is -3.20. The van der Waals surface area contributed by atoms with Gasteiger partial charge in [-0.3, -0.25) is 9.78 Å². The van der Waals surface area contributed by atoms with Gasteiger partial charge in [0.15, 0.2) is 0 Å². The van der Waals surface area contributed by atoms with Gasteiger partial charge in [0.1, 0.15) is 17.7 Å². The van der Waals surface area contributed by atoms with Crippen LogP contribution in [-0.2, 0) is 10.7 Å². The lowest BCUT2D eigenvalue weighted by Gasteiger charge is -2.14. The monoisotopic (exact) mass is 395 g/mol. The molecule has 0 bridgehead atoms. The van der Waals surface area contributed by atoms with Crippen molar-refractivity contribution in [1.82, 2.24) is 19.9 Å². The molecule has 0 unspecified atom stereocenters. The molecule has 3 heterocycles. The first-order chi connectivity index (χ1) is 13.8. The minimum absolute atomic E-state index is 0.131. The van der Waals surface area contributed by atoms with E-state index in [0.717, 1.165) is 0 Å². The molecule has 146 valence electrons. The number of amides is 1. The van der Waals surface area contributed by atoms with Gasteiger partial charge in [-0.25, -0.2) is 15.0 Å². The Morgan fingerprint density at radius 2 is 1.93 bits per heavy atom. The van der Waals surface area contributed by atoms with Crippen molar-refractivity contribution in [1.29, 1.82) is 5.26 Å². The molecule has 0 saturated heterocycles. The summed E-state index contributed by atoms with van der Waals surface area (Å²) in [4.78, 5) is 27.2. The first-order valence-electron chi connectivity index (χ1n) is 8.39. The van der Waals surface area contributed by atoms with Gasteiger partial charge in [0, 0.05) is 44.1 Å². The normalized spacial score (nSPS) is 10.9. The molecule has 3 aromatic heterocycles. The van der Waals surface area contributed by atoms with Gasteiger partial charge < -0.3 is 10.6 Å². The summed E-state index contributed by atoms with van der Waals surface area (Å²) in [5.41, 5.74) is 1.82. The number of halogens is 2. The Morgan fingerprint density at radius 3 is 2.55 bits per heavy atom. The molecule has 0 radical (unpaired) electrons. The van der Waals surface area contributed by atoms with Crippen molar-refractivity contribution in [3.05, 3.63) is 54.2 Å². The van der Waals surface area contributed by atoms with E-state index < -0.39 is 11.7 Å². The Morgan fingerprint density at radius 1 is 1.14 bits per heavy atom. The van der Waals surface area contributed by atoms with E-state index in [0.29, 0.717) is 29.4 Å². The third-order valence-corrected chi connectivity index (χ3v) is 3.69. The van der Waals surface area contributed by atoms with E-state index in [9.17, 15) is 13.6 Å². The van der Waals surface area contributed by atoms with Crippen molar-refractivity contribution < 1.29 is 13.6 Å². The lowest BCUT2D eigenvalue weighted by Crippen LogP contribution is -2.13. The number of aromatic nitrogens is 4. The van der Waals surface area contributed by atoms with Crippen LogP contribution in [0.2, 0.25) is 0 Å². The molecule has 10 heteroatoms. The second-order valence-corrected chi connectivity index (χ2v) is 6.12. The second-order valence-electron chi connectivity index (χ2n) is 6.12. The van der Waals surface area contributed by atoms with Gasteiger partial charge in [-0.15, -0.1) is 0 Å². The fourth-order valence-electron chi connectivity index (χ4n) is 2.41. The maximum Gasteiger partial charge on any atom is 0.303 e. The van der Waals surface area contributed by atoms with E-state index >= 15 is 0 Å². The van der Waals surface area contributed by atoms with Crippen molar-refractivity contribution in [3.63, 3.8) is 0 Å². The van der Waals surface area contributed by atoms with Crippen molar-refractivity contribution in [2.45, 2.75) is 19.8 Å². The van der Waals surface area contributed by atoms with E-state index in [4.69, 9.17) is 5.26 Å². The lowest BCUT2D eigenvalue weighted by molar-refractivity contribution is -0.114. The Hall–Kier alpha value is -4.00. The topological polar surface area (TPSA) is 116 Å². The Labute approximate surface area is 164 Å². The standard InChI is InChI=1S/C19H15F2N7O/c1-11(29)26-17-7-15(27-16-5-6-23-18(28-16)19(2,20)21)13(10-25-17)14-4-3-12(8-22)9-24-14/h3-7,9-10H,1-2H3,(H2,23,25,26,27,28,29). The van der Waals surface area contributed by atoms with Crippen LogP contribution in [-0.4, -0.2) is 25.8 Å². The van der Waals surface area contributed by atoms with Gasteiger partial charge >= 0.3 is 5.92 Å². The van der Waals surface area contributed by atoms with Crippen LogP contribution in [0.4, 0.5) is 26.1 Å². The maximum atomic E-state index is 13.5. The van der Waals surface area contributed by atoms with Crippen molar-refractivity contribution in [3.8, 4) is 17.3 Å². The van der Waals surface area contributed by atoms with E-state index in [1.54, 1.807) is 12.1 Å². The predicted octanol–water partition coefficient (Wildman–Crippen LogP) is 3.62. The average Bonchev–Trinajstić information content (AvgIpc) is 2.67. The summed E-state index contributed by atoms with van der Waals surface area (Å²) in [6.45, 7) is 2.05. The molecule has 0 aliphatic carbocycles. The van der Waals surface area contributed by atoms with E-state index in [2.05, 4.69) is 30.6 Å². The molecule has 0 aliphatic heterocycles. The van der Waals surface area contributed by atoms with Crippen LogP contribution in [0.1, 0.15) is 25.2 Å². The van der Waals surface area contributed by atoms with Gasteiger partial charge in [0.05, 0.1) is 16.9 Å². The molecular formula is C19H15F2N7O. The molecule has 0 fully saturated rings. The molecule has 0 aliphatic rings.